The molecule has 0 N–H and O–H groups in total. The second-order valence-electron chi connectivity index (χ2n) is 4.49. The molecule has 1 unspecified atom stereocenters. The molecule has 1 aromatic rings. The molecular weight excluding hydrogens is 266 g/mol. The van der Waals surface area contributed by atoms with Gasteiger partial charge in [-0.25, -0.2) is 9.97 Å². The molecule has 0 amide bonds. The summed E-state index contributed by atoms with van der Waals surface area (Å²) in [6.07, 6.45) is 2.55. The zero-order chi connectivity index (χ0) is 11.5. The summed E-state index contributed by atoms with van der Waals surface area (Å²) >= 11 is 3.51. The van der Waals surface area contributed by atoms with Crippen molar-refractivity contribution in [3.63, 3.8) is 0 Å². The molecule has 0 saturated carbocycles. The van der Waals surface area contributed by atoms with Crippen molar-refractivity contribution in [2.75, 3.05) is 23.3 Å². The van der Waals surface area contributed by atoms with Crippen LogP contribution in [0.25, 0.3) is 0 Å². The number of halogens is 1. The lowest BCUT2D eigenvalue weighted by Gasteiger charge is -2.18. The van der Waals surface area contributed by atoms with E-state index in [1.807, 2.05) is 13.8 Å². The molecule has 1 aromatic heterocycles. The Bertz CT molecular complexity index is 347. The predicted octanol–water partition coefficient (Wildman–Crippen LogP) is 2.70. The standard InChI is InChI=1S/C12H18BrN3/c1-9-7-12(15-10(2)14-9)16-6-4-11(8-16)3-5-13/h7,11H,3-6,8H2,1-2H3. The zero-order valence-corrected chi connectivity index (χ0v) is 11.5. The van der Waals surface area contributed by atoms with Gasteiger partial charge < -0.3 is 4.90 Å². The fraction of sp³-hybridized carbons (Fsp3) is 0.667. The Labute approximate surface area is 105 Å². The highest BCUT2D eigenvalue weighted by Gasteiger charge is 2.23. The van der Waals surface area contributed by atoms with Gasteiger partial charge >= 0.3 is 0 Å². The summed E-state index contributed by atoms with van der Waals surface area (Å²) in [5, 5.41) is 1.10. The van der Waals surface area contributed by atoms with Gasteiger partial charge in [0.2, 0.25) is 0 Å². The number of anilines is 1. The first-order chi connectivity index (χ1) is 7.69. The van der Waals surface area contributed by atoms with Crippen LogP contribution in [0.15, 0.2) is 6.07 Å². The van der Waals surface area contributed by atoms with Crippen LogP contribution in [0.3, 0.4) is 0 Å². The smallest absolute Gasteiger partial charge is 0.132 e. The summed E-state index contributed by atoms with van der Waals surface area (Å²) in [6.45, 7) is 6.27. The van der Waals surface area contributed by atoms with E-state index < -0.39 is 0 Å². The number of hydrogen-bond donors (Lipinski definition) is 0. The summed E-state index contributed by atoms with van der Waals surface area (Å²) in [4.78, 5) is 11.2. The molecule has 1 aliphatic heterocycles. The first kappa shape index (κ1) is 11.8. The van der Waals surface area contributed by atoms with Gasteiger partial charge in [-0.2, -0.15) is 0 Å². The zero-order valence-electron chi connectivity index (χ0n) is 9.91. The third-order valence-electron chi connectivity index (χ3n) is 3.08. The predicted molar refractivity (Wildman–Crippen MR) is 70.2 cm³/mol. The number of aromatic nitrogens is 2. The molecule has 1 fully saturated rings. The number of nitrogens with zero attached hydrogens (tertiary/aromatic N) is 3. The van der Waals surface area contributed by atoms with Gasteiger partial charge in [0, 0.05) is 30.2 Å². The SMILES string of the molecule is Cc1cc(N2CCC(CCBr)C2)nc(C)n1. The lowest BCUT2D eigenvalue weighted by molar-refractivity contribution is 0.575. The topological polar surface area (TPSA) is 29.0 Å². The van der Waals surface area contributed by atoms with Crippen molar-refractivity contribution in [2.24, 2.45) is 5.92 Å². The van der Waals surface area contributed by atoms with Crippen molar-refractivity contribution in [2.45, 2.75) is 26.7 Å². The van der Waals surface area contributed by atoms with Gasteiger partial charge in [0.25, 0.3) is 0 Å². The first-order valence-electron chi connectivity index (χ1n) is 5.82. The largest absolute Gasteiger partial charge is 0.356 e. The highest BCUT2D eigenvalue weighted by molar-refractivity contribution is 9.09. The van der Waals surface area contributed by atoms with E-state index >= 15 is 0 Å². The van der Waals surface area contributed by atoms with Crippen molar-refractivity contribution < 1.29 is 0 Å². The average Bonchev–Trinajstić information content (AvgIpc) is 2.65. The monoisotopic (exact) mass is 283 g/mol. The fourth-order valence-corrected chi connectivity index (χ4v) is 2.94. The third kappa shape index (κ3) is 2.73. The van der Waals surface area contributed by atoms with Gasteiger partial charge in [-0.05, 0) is 32.6 Å². The molecule has 1 saturated heterocycles. The molecule has 4 heteroatoms. The Morgan fingerprint density at radius 3 is 2.94 bits per heavy atom. The van der Waals surface area contributed by atoms with Gasteiger partial charge in [-0.1, -0.05) is 15.9 Å². The molecule has 1 atom stereocenters. The van der Waals surface area contributed by atoms with Crippen LogP contribution in [0.5, 0.6) is 0 Å². The minimum atomic E-state index is 0.815. The average molecular weight is 284 g/mol. The van der Waals surface area contributed by atoms with E-state index in [0.29, 0.717) is 0 Å². The molecule has 2 rings (SSSR count). The number of rotatable bonds is 3. The lowest BCUT2D eigenvalue weighted by Crippen LogP contribution is -2.21. The van der Waals surface area contributed by atoms with Crippen LogP contribution in [-0.4, -0.2) is 28.4 Å². The Morgan fingerprint density at radius 2 is 2.25 bits per heavy atom. The molecule has 0 bridgehead atoms. The van der Waals surface area contributed by atoms with Gasteiger partial charge in [0.05, 0.1) is 0 Å². The van der Waals surface area contributed by atoms with E-state index in [1.165, 1.54) is 12.8 Å². The third-order valence-corrected chi connectivity index (χ3v) is 3.54. The normalized spacial score (nSPS) is 20.4. The van der Waals surface area contributed by atoms with Crippen LogP contribution in [-0.2, 0) is 0 Å². The van der Waals surface area contributed by atoms with Crippen molar-refractivity contribution in [1.29, 1.82) is 0 Å². The number of aryl methyl sites for hydroxylation is 2. The van der Waals surface area contributed by atoms with E-state index in [0.717, 1.165) is 41.7 Å². The molecule has 2 heterocycles. The van der Waals surface area contributed by atoms with Crippen molar-refractivity contribution >= 4 is 21.7 Å². The maximum atomic E-state index is 4.51. The molecule has 88 valence electrons. The molecule has 0 spiro atoms. The Balaban J connectivity index is 2.08. The van der Waals surface area contributed by atoms with E-state index in [1.54, 1.807) is 0 Å². The van der Waals surface area contributed by atoms with Crippen LogP contribution in [0.4, 0.5) is 5.82 Å². The van der Waals surface area contributed by atoms with Gasteiger partial charge in [-0.3, -0.25) is 0 Å². The lowest BCUT2D eigenvalue weighted by atomic mass is 10.1. The molecular formula is C12H18BrN3. The first-order valence-corrected chi connectivity index (χ1v) is 6.94. The van der Waals surface area contributed by atoms with Crippen LogP contribution < -0.4 is 4.90 Å². The molecule has 1 aliphatic rings. The minimum absolute atomic E-state index is 0.815. The summed E-state index contributed by atoms with van der Waals surface area (Å²) in [5.41, 5.74) is 1.06. The fourth-order valence-electron chi connectivity index (χ4n) is 2.29. The van der Waals surface area contributed by atoms with Crippen LogP contribution in [0.2, 0.25) is 0 Å². The molecule has 0 radical (unpaired) electrons. The molecule has 16 heavy (non-hydrogen) atoms. The minimum Gasteiger partial charge on any atom is -0.356 e. The Kier molecular flexibility index (Phi) is 3.79. The van der Waals surface area contributed by atoms with Gasteiger partial charge in [0.15, 0.2) is 0 Å². The van der Waals surface area contributed by atoms with Crippen LogP contribution >= 0.6 is 15.9 Å². The van der Waals surface area contributed by atoms with E-state index in [2.05, 4.69) is 36.9 Å². The number of hydrogen-bond acceptors (Lipinski definition) is 3. The number of alkyl halides is 1. The van der Waals surface area contributed by atoms with Crippen molar-refractivity contribution in [3.8, 4) is 0 Å². The van der Waals surface area contributed by atoms with E-state index in [4.69, 9.17) is 0 Å². The molecule has 0 aliphatic carbocycles. The van der Waals surface area contributed by atoms with Gasteiger partial charge in [0.1, 0.15) is 11.6 Å². The summed E-state index contributed by atoms with van der Waals surface area (Å²) in [6, 6.07) is 2.09. The maximum absolute atomic E-state index is 4.51. The van der Waals surface area contributed by atoms with Crippen LogP contribution in [0.1, 0.15) is 24.4 Å². The highest BCUT2D eigenvalue weighted by atomic mass is 79.9. The van der Waals surface area contributed by atoms with Gasteiger partial charge in [-0.15, -0.1) is 0 Å². The summed E-state index contributed by atoms with van der Waals surface area (Å²) in [5.74, 6) is 2.79. The molecule has 0 aromatic carbocycles. The van der Waals surface area contributed by atoms with Crippen molar-refractivity contribution in [3.05, 3.63) is 17.6 Å². The van der Waals surface area contributed by atoms with Crippen molar-refractivity contribution in [1.82, 2.24) is 9.97 Å². The summed E-state index contributed by atoms with van der Waals surface area (Å²) < 4.78 is 0. The van der Waals surface area contributed by atoms with E-state index in [-0.39, 0.29) is 0 Å². The quantitative estimate of drug-likeness (QED) is 0.799. The Hall–Kier alpha value is -0.640. The maximum Gasteiger partial charge on any atom is 0.132 e. The summed E-state index contributed by atoms with van der Waals surface area (Å²) in [7, 11) is 0. The highest BCUT2D eigenvalue weighted by Crippen LogP contribution is 2.25. The van der Waals surface area contributed by atoms with E-state index in [9.17, 15) is 0 Å². The van der Waals surface area contributed by atoms with Crippen LogP contribution in [0, 0.1) is 19.8 Å². The molecule has 3 nitrogen and oxygen atoms in total. The Morgan fingerprint density at radius 1 is 1.44 bits per heavy atom. The second-order valence-corrected chi connectivity index (χ2v) is 5.29. The second kappa shape index (κ2) is 5.13.